The van der Waals surface area contributed by atoms with Crippen molar-refractivity contribution >= 4 is 5.91 Å². The fourth-order valence-corrected chi connectivity index (χ4v) is 2.49. The van der Waals surface area contributed by atoms with Gasteiger partial charge in [0.25, 0.3) is 0 Å². The minimum Gasteiger partial charge on any atom is -0.393 e. The topological polar surface area (TPSA) is 63.3 Å². The summed E-state index contributed by atoms with van der Waals surface area (Å²) in [6.45, 7) is 9.34. The van der Waals surface area contributed by atoms with Crippen LogP contribution in [0.5, 0.6) is 0 Å². The number of hydrogen-bond donors (Lipinski definition) is 2. The highest BCUT2D eigenvalue weighted by atomic mass is 16.3. The molecule has 3 N–H and O–H groups in total. The summed E-state index contributed by atoms with van der Waals surface area (Å²) in [5, 5.41) is 9.84. The molecule has 1 amide bonds. The molecular formula is C11H23NO2. The van der Waals surface area contributed by atoms with Gasteiger partial charge in [0, 0.05) is 5.41 Å². The maximum atomic E-state index is 11.4. The molecule has 0 aliphatic rings. The molecule has 0 spiro atoms. The van der Waals surface area contributed by atoms with Gasteiger partial charge in [0.15, 0.2) is 0 Å². The first-order valence-corrected chi connectivity index (χ1v) is 5.24. The smallest absolute Gasteiger partial charge is 0.223 e. The van der Waals surface area contributed by atoms with Crippen LogP contribution in [0.1, 0.15) is 47.5 Å². The van der Waals surface area contributed by atoms with E-state index >= 15 is 0 Å². The third kappa shape index (κ3) is 1.78. The summed E-state index contributed by atoms with van der Waals surface area (Å²) < 4.78 is 0. The van der Waals surface area contributed by atoms with Crippen LogP contribution in [-0.4, -0.2) is 17.1 Å². The number of carbonyl (C=O) groups excluding carboxylic acids is 1. The monoisotopic (exact) mass is 201 g/mol. The van der Waals surface area contributed by atoms with Gasteiger partial charge in [-0.25, -0.2) is 0 Å². The van der Waals surface area contributed by atoms with Gasteiger partial charge in [-0.3, -0.25) is 4.79 Å². The number of aliphatic hydroxyl groups excluding tert-OH is 1. The number of carbonyl (C=O) groups is 1. The van der Waals surface area contributed by atoms with Crippen molar-refractivity contribution in [2.45, 2.75) is 53.6 Å². The third-order valence-electron chi connectivity index (χ3n) is 3.92. The van der Waals surface area contributed by atoms with Gasteiger partial charge in [0.2, 0.25) is 5.91 Å². The number of aliphatic hydroxyl groups is 1. The number of amides is 1. The summed E-state index contributed by atoms with van der Waals surface area (Å²) in [4.78, 5) is 11.4. The Bertz CT molecular complexity index is 205. The van der Waals surface area contributed by atoms with E-state index < -0.39 is 16.9 Å². The third-order valence-corrected chi connectivity index (χ3v) is 3.92. The lowest BCUT2D eigenvalue weighted by Gasteiger charge is -2.46. The molecule has 0 saturated heterocycles. The summed E-state index contributed by atoms with van der Waals surface area (Å²) in [7, 11) is 0. The Morgan fingerprint density at radius 2 is 1.71 bits per heavy atom. The second-order valence-electron chi connectivity index (χ2n) is 4.53. The molecular weight excluding hydrogens is 178 g/mol. The zero-order valence-electron chi connectivity index (χ0n) is 9.92. The van der Waals surface area contributed by atoms with Gasteiger partial charge in [-0.2, -0.15) is 0 Å². The largest absolute Gasteiger partial charge is 0.393 e. The molecule has 0 aromatic heterocycles. The molecule has 0 aliphatic heterocycles. The van der Waals surface area contributed by atoms with E-state index in [0.29, 0.717) is 0 Å². The van der Waals surface area contributed by atoms with Crippen LogP contribution in [-0.2, 0) is 4.79 Å². The summed E-state index contributed by atoms with van der Waals surface area (Å²) >= 11 is 0. The Kier molecular flexibility index (Phi) is 4.13. The van der Waals surface area contributed by atoms with E-state index in [2.05, 4.69) is 0 Å². The van der Waals surface area contributed by atoms with Crippen LogP contribution in [0, 0.1) is 10.8 Å². The van der Waals surface area contributed by atoms with E-state index in [9.17, 15) is 9.90 Å². The van der Waals surface area contributed by atoms with Gasteiger partial charge in [-0.1, -0.05) is 27.7 Å². The van der Waals surface area contributed by atoms with Crippen molar-refractivity contribution in [3.63, 3.8) is 0 Å². The second kappa shape index (κ2) is 4.30. The Morgan fingerprint density at radius 3 is 1.79 bits per heavy atom. The number of hydrogen-bond acceptors (Lipinski definition) is 2. The van der Waals surface area contributed by atoms with E-state index in [1.165, 1.54) is 0 Å². The van der Waals surface area contributed by atoms with Crippen LogP contribution in [0.3, 0.4) is 0 Å². The van der Waals surface area contributed by atoms with Crippen LogP contribution < -0.4 is 5.73 Å². The van der Waals surface area contributed by atoms with E-state index in [1.54, 1.807) is 6.92 Å². The first-order chi connectivity index (χ1) is 6.26. The maximum Gasteiger partial charge on any atom is 0.223 e. The standard InChI is InChI=1S/C11H23NO2/c1-6-11(7-2,8(3)13)10(4,5)9(12)14/h8,13H,6-7H2,1-5H3,(H2,12,14). The molecule has 0 heterocycles. The Morgan fingerprint density at radius 1 is 1.36 bits per heavy atom. The van der Waals surface area contributed by atoms with Crippen LogP contribution in [0.15, 0.2) is 0 Å². The average molecular weight is 201 g/mol. The lowest BCUT2D eigenvalue weighted by Crippen LogP contribution is -2.52. The average Bonchev–Trinajstić information content (AvgIpc) is 2.05. The van der Waals surface area contributed by atoms with Crippen molar-refractivity contribution in [1.82, 2.24) is 0 Å². The summed E-state index contributed by atoms with van der Waals surface area (Å²) in [6, 6.07) is 0. The van der Waals surface area contributed by atoms with Crippen molar-refractivity contribution in [2.75, 3.05) is 0 Å². The molecule has 3 nitrogen and oxygen atoms in total. The van der Waals surface area contributed by atoms with Gasteiger partial charge in [-0.15, -0.1) is 0 Å². The van der Waals surface area contributed by atoms with Crippen molar-refractivity contribution < 1.29 is 9.90 Å². The molecule has 0 bridgehead atoms. The van der Waals surface area contributed by atoms with E-state index in [-0.39, 0.29) is 5.91 Å². The first-order valence-electron chi connectivity index (χ1n) is 5.24. The highest BCUT2D eigenvalue weighted by molar-refractivity contribution is 5.81. The number of rotatable bonds is 5. The molecule has 3 heteroatoms. The zero-order valence-corrected chi connectivity index (χ0v) is 9.92. The molecule has 0 aliphatic carbocycles. The van der Waals surface area contributed by atoms with E-state index in [1.807, 2.05) is 27.7 Å². The molecule has 1 unspecified atom stereocenters. The Hall–Kier alpha value is -0.570. The van der Waals surface area contributed by atoms with Crippen LogP contribution in [0.4, 0.5) is 0 Å². The zero-order chi connectivity index (χ0) is 11.6. The molecule has 0 rings (SSSR count). The maximum absolute atomic E-state index is 11.4. The van der Waals surface area contributed by atoms with Gasteiger partial charge < -0.3 is 10.8 Å². The molecule has 0 aromatic carbocycles. The van der Waals surface area contributed by atoms with Gasteiger partial charge in [-0.05, 0) is 19.8 Å². The molecule has 0 saturated carbocycles. The second-order valence-corrected chi connectivity index (χ2v) is 4.53. The van der Waals surface area contributed by atoms with Crippen molar-refractivity contribution in [2.24, 2.45) is 16.6 Å². The molecule has 0 fully saturated rings. The Balaban J connectivity index is 5.28. The molecule has 1 atom stereocenters. The summed E-state index contributed by atoms with van der Waals surface area (Å²) in [5.74, 6) is -0.345. The van der Waals surface area contributed by atoms with E-state index in [0.717, 1.165) is 12.8 Å². The fourth-order valence-electron chi connectivity index (χ4n) is 2.49. The summed E-state index contributed by atoms with van der Waals surface area (Å²) in [6.07, 6.45) is 0.966. The number of primary amides is 1. The highest BCUT2D eigenvalue weighted by Gasteiger charge is 2.49. The predicted molar refractivity (Wildman–Crippen MR) is 57.7 cm³/mol. The van der Waals surface area contributed by atoms with Crippen LogP contribution in [0.2, 0.25) is 0 Å². The molecule has 14 heavy (non-hydrogen) atoms. The normalized spacial score (nSPS) is 15.3. The SMILES string of the molecule is CCC(CC)(C(C)O)C(C)(C)C(N)=O. The highest BCUT2D eigenvalue weighted by Crippen LogP contribution is 2.47. The van der Waals surface area contributed by atoms with E-state index in [4.69, 9.17) is 5.73 Å². The fraction of sp³-hybridized carbons (Fsp3) is 0.909. The lowest BCUT2D eigenvalue weighted by molar-refractivity contribution is -0.142. The van der Waals surface area contributed by atoms with Crippen molar-refractivity contribution in [3.8, 4) is 0 Å². The molecule has 84 valence electrons. The number of nitrogens with two attached hydrogens (primary N) is 1. The predicted octanol–water partition coefficient (Wildman–Crippen LogP) is 1.69. The van der Waals surface area contributed by atoms with Gasteiger partial charge >= 0.3 is 0 Å². The van der Waals surface area contributed by atoms with Gasteiger partial charge in [0.05, 0.1) is 11.5 Å². The first kappa shape index (κ1) is 13.4. The molecule has 0 radical (unpaired) electrons. The van der Waals surface area contributed by atoms with Crippen LogP contribution >= 0.6 is 0 Å². The quantitative estimate of drug-likeness (QED) is 0.711. The Labute approximate surface area is 86.7 Å². The molecule has 0 aromatic rings. The summed E-state index contributed by atoms with van der Waals surface area (Å²) in [5.41, 5.74) is 4.30. The lowest BCUT2D eigenvalue weighted by atomic mass is 9.59. The van der Waals surface area contributed by atoms with Gasteiger partial charge in [0.1, 0.15) is 0 Å². The van der Waals surface area contributed by atoms with Crippen molar-refractivity contribution in [1.29, 1.82) is 0 Å². The van der Waals surface area contributed by atoms with Crippen molar-refractivity contribution in [3.05, 3.63) is 0 Å². The minimum absolute atomic E-state index is 0.345. The van der Waals surface area contributed by atoms with Crippen LogP contribution in [0.25, 0.3) is 0 Å². The minimum atomic E-state index is -0.676.